The van der Waals surface area contributed by atoms with Crippen molar-refractivity contribution in [2.45, 2.75) is 26.9 Å². The van der Waals surface area contributed by atoms with Gasteiger partial charge in [-0.1, -0.05) is 11.6 Å². The van der Waals surface area contributed by atoms with Crippen LogP contribution >= 0.6 is 11.6 Å². The average molecular weight is 353 g/mol. The molecule has 1 amide bonds. The lowest BCUT2D eigenvalue weighted by Crippen LogP contribution is -2.30. The quantitative estimate of drug-likeness (QED) is 0.658. The second-order valence-corrected chi connectivity index (χ2v) is 5.70. The number of nitrogens with one attached hydrogen (secondary N) is 1. The molecule has 8 nitrogen and oxygen atoms in total. The molecule has 2 rings (SSSR count). The van der Waals surface area contributed by atoms with Gasteiger partial charge in [-0.2, -0.15) is 5.10 Å². The molecule has 0 saturated heterocycles. The predicted molar refractivity (Wildman–Crippen MR) is 89.5 cm³/mol. The third-order valence-corrected chi connectivity index (χ3v) is 3.85. The fourth-order valence-corrected chi connectivity index (χ4v) is 2.34. The highest BCUT2D eigenvalue weighted by molar-refractivity contribution is 6.32. The monoisotopic (exact) mass is 352 g/mol. The first-order valence-electron chi connectivity index (χ1n) is 7.12. The molecule has 0 aliphatic heterocycles. The number of non-ortho nitro benzene ring substituents is 1. The van der Waals surface area contributed by atoms with Gasteiger partial charge < -0.3 is 10.1 Å². The topological polar surface area (TPSA) is 99.3 Å². The van der Waals surface area contributed by atoms with E-state index in [1.807, 2.05) is 6.92 Å². The molecule has 1 heterocycles. The average Bonchev–Trinajstić information content (AvgIpc) is 2.75. The van der Waals surface area contributed by atoms with Gasteiger partial charge in [-0.05, 0) is 26.8 Å². The van der Waals surface area contributed by atoms with Crippen molar-refractivity contribution in [1.82, 2.24) is 9.78 Å². The number of nitro groups is 1. The number of amides is 1. The summed E-state index contributed by atoms with van der Waals surface area (Å²) in [4.78, 5) is 22.4. The van der Waals surface area contributed by atoms with E-state index in [4.69, 9.17) is 16.3 Å². The van der Waals surface area contributed by atoms with E-state index in [9.17, 15) is 14.9 Å². The van der Waals surface area contributed by atoms with Gasteiger partial charge in [0.05, 0.1) is 27.0 Å². The van der Waals surface area contributed by atoms with Crippen LogP contribution < -0.4 is 10.1 Å². The van der Waals surface area contributed by atoms with Gasteiger partial charge in [0.1, 0.15) is 5.75 Å². The molecule has 0 saturated carbocycles. The molecule has 0 unspecified atom stereocenters. The van der Waals surface area contributed by atoms with Crippen molar-refractivity contribution in [3.8, 4) is 5.75 Å². The molecular weight excluding hydrogens is 336 g/mol. The Morgan fingerprint density at radius 2 is 2.12 bits per heavy atom. The Balaban J connectivity index is 2.10. The van der Waals surface area contributed by atoms with E-state index in [0.29, 0.717) is 11.4 Å². The molecule has 2 aromatic rings. The summed E-state index contributed by atoms with van der Waals surface area (Å²) in [7, 11) is 1.79. The minimum Gasteiger partial charge on any atom is -0.479 e. The molecular formula is C15H17ClN4O4. The van der Waals surface area contributed by atoms with Crippen LogP contribution in [0.5, 0.6) is 5.75 Å². The Kier molecular flexibility index (Phi) is 5.08. The molecule has 1 aromatic heterocycles. The molecule has 0 fully saturated rings. The van der Waals surface area contributed by atoms with E-state index in [1.165, 1.54) is 18.2 Å². The third-order valence-electron chi connectivity index (χ3n) is 3.56. The Morgan fingerprint density at radius 3 is 2.62 bits per heavy atom. The number of nitro benzene ring substituents is 1. The Hall–Kier alpha value is -2.61. The van der Waals surface area contributed by atoms with Gasteiger partial charge in [0.25, 0.3) is 11.6 Å². The van der Waals surface area contributed by atoms with Crippen LogP contribution in [0.3, 0.4) is 0 Å². The molecule has 9 heteroatoms. The molecule has 1 N–H and O–H groups in total. The number of carbonyl (C=O) groups is 1. The van der Waals surface area contributed by atoms with Crippen LogP contribution in [-0.2, 0) is 11.8 Å². The van der Waals surface area contributed by atoms with Gasteiger partial charge in [-0.25, -0.2) is 0 Å². The van der Waals surface area contributed by atoms with Crippen LogP contribution in [0.2, 0.25) is 5.02 Å². The maximum Gasteiger partial charge on any atom is 0.271 e. The van der Waals surface area contributed by atoms with E-state index in [0.717, 1.165) is 5.69 Å². The zero-order chi connectivity index (χ0) is 18.0. The fraction of sp³-hybridized carbons (Fsp3) is 0.333. The van der Waals surface area contributed by atoms with E-state index in [1.54, 1.807) is 25.6 Å². The van der Waals surface area contributed by atoms with Crippen molar-refractivity contribution in [2.24, 2.45) is 7.05 Å². The SMILES string of the molecule is Cc1nn(C)c(C)c1NC(=O)[C@H](C)Oc1ccc([N+](=O)[O-])cc1Cl. The van der Waals surface area contributed by atoms with Crippen molar-refractivity contribution in [3.63, 3.8) is 0 Å². The Morgan fingerprint density at radius 1 is 1.46 bits per heavy atom. The van der Waals surface area contributed by atoms with Crippen molar-refractivity contribution < 1.29 is 14.5 Å². The van der Waals surface area contributed by atoms with E-state index in [-0.39, 0.29) is 22.4 Å². The lowest BCUT2D eigenvalue weighted by atomic mass is 10.2. The number of ether oxygens (including phenoxy) is 1. The number of halogens is 1. The summed E-state index contributed by atoms with van der Waals surface area (Å²) in [5.41, 5.74) is 2.00. The number of nitrogens with zero attached hydrogens (tertiary/aromatic N) is 3. The summed E-state index contributed by atoms with van der Waals surface area (Å²) in [6.45, 7) is 5.20. The highest BCUT2D eigenvalue weighted by atomic mass is 35.5. The zero-order valence-electron chi connectivity index (χ0n) is 13.7. The minimum atomic E-state index is -0.844. The van der Waals surface area contributed by atoms with Crippen molar-refractivity contribution >= 4 is 28.9 Å². The van der Waals surface area contributed by atoms with Crippen LogP contribution in [0.4, 0.5) is 11.4 Å². The number of carbonyl (C=O) groups excluding carboxylic acids is 1. The number of rotatable bonds is 5. The van der Waals surface area contributed by atoms with Crippen molar-refractivity contribution in [2.75, 3.05) is 5.32 Å². The molecule has 0 aliphatic carbocycles. The summed E-state index contributed by atoms with van der Waals surface area (Å²) >= 11 is 5.96. The fourth-order valence-electron chi connectivity index (χ4n) is 2.12. The van der Waals surface area contributed by atoms with Crippen molar-refractivity contribution in [1.29, 1.82) is 0 Å². The molecule has 1 atom stereocenters. The van der Waals surface area contributed by atoms with Crippen LogP contribution in [0.25, 0.3) is 0 Å². The van der Waals surface area contributed by atoms with Gasteiger partial charge in [0.2, 0.25) is 0 Å². The first-order valence-corrected chi connectivity index (χ1v) is 7.50. The molecule has 0 spiro atoms. The summed E-state index contributed by atoms with van der Waals surface area (Å²) in [5, 5.41) is 17.8. The van der Waals surface area contributed by atoms with E-state index in [2.05, 4.69) is 10.4 Å². The Labute approximate surface area is 143 Å². The second-order valence-electron chi connectivity index (χ2n) is 5.29. The first kappa shape index (κ1) is 17.7. The third kappa shape index (κ3) is 3.65. The highest BCUT2D eigenvalue weighted by Gasteiger charge is 2.20. The van der Waals surface area contributed by atoms with Gasteiger partial charge in [-0.3, -0.25) is 19.6 Å². The largest absolute Gasteiger partial charge is 0.479 e. The number of anilines is 1. The first-order chi connectivity index (χ1) is 11.2. The van der Waals surface area contributed by atoms with Crippen LogP contribution in [0.1, 0.15) is 18.3 Å². The molecule has 128 valence electrons. The van der Waals surface area contributed by atoms with Gasteiger partial charge >= 0.3 is 0 Å². The van der Waals surface area contributed by atoms with E-state index >= 15 is 0 Å². The minimum absolute atomic E-state index is 0.0672. The molecule has 1 aromatic carbocycles. The van der Waals surface area contributed by atoms with Gasteiger partial charge in [0.15, 0.2) is 6.10 Å². The highest BCUT2D eigenvalue weighted by Crippen LogP contribution is 2.29. The normalized spacial score (nSPS) is 11.9. The number of hydrogen-bond acceptors (Lipinski definition) is 5. The molecule has 0 aliphatic rings. The lowest BCUT2D eigenvalue weighted by Gasteiger charge is -2.15. The summed E-state index contributed by atoms with van der Waals surface area (Å²) in [6.07, 6.45) is -0.844. The lowest BCUT2D eigenvalue weighted by molar-refractivity contribution is -0.384. The maximum absolute atomic E-state index is 12.3. The standard InChI is InChI=1S/C15H17ClN4O4/c1-8-14(9(2)19(4)18-8)17-15(21)10(3)24-13-6-5-11(20(22)23)7-12(13)16/h5-7,10H,1-4H3,(H,17,21)/t10-/m0/s1. The molecule has 0 bridgehead atoms. The number of aromatic nitrogens is 2. The number of hydrogen-bond donors (Lipinski definition) is 1. The van der Waals surface area contributed by atoms with Crippen LogP contribution in [0.15, 0.2) is 18.2 Å². The number of aryl methyl sites for hydroxylation is 2. The van der Waals surface area contributed by atoms with Gasteiger partial charge in [-0.15, -0.1) is 0 Å². The smallest absolute Gasteiger partial charge is 0.271 e. The summed E-state index contributed by atoms with van der Waals surface area (Å²) in [5.74, 6) is -0.173. The second kappa shape index (κ2) is 6.88. The Bertz CT molecular complexity index is 803. The molecule has 24 heavy (non-hydrogen) atoms. The maximum atomic E-state index is 12.3. The van der Waals surface area contributed by atoms with Crippen molar-refractivity contribution in [3.05, 3.63) is 44.7 Å². The van der Waals surface area contributed by atoms with Crippen LogP contribution in [-0.4, -0.2) is 26.7 Å². The zero-order valence-corrected chi connectivity index (χ0v) is 14.4. The van der Waals surface area contributed by atoms with Gasteiger partial charge in [0, 0.05) is 19.2 Å². The molecule has 0 radical (unpaired) electrons. The number of benzene rings is 1. The van der Waals surface area contributed by atoms with E-state index < -0.39 is 11.0 Å². The summed E-state index contributed by atoms with van der Waals surface area (Å²) in [6, 6.07) is 3.81. The summed E-state index contributed by atoms with van der Waals surface area (Å²) < 4.78 is 7.18. The predicted octanol–water partition coefficient (Wildman–Crippen LogP) is 3.00. The van der Waals surface area contributed by atoms with Crippen LogP contribution in [0, 0.1) is 24.0 Å².